The van der Waals surface area contributed by atoms with Gasteiger partial charge >= 0.3 is 0 Å². The quantitative estimate of drug-likeness (QED) is 0.818. The molecule has 0 saturated heterocycles. The number of carbonyl (C=O) groups excluding carboxylic acids is 1. The molecular formula is C13H13N3O. The molecule has 1 aromatic heterocycles. The molecule has 0 aliphatic carbocycles. The summed E-state index contributed by atoms with van der Waals surface area (Å²) in [6, 6.07) is 9.37. The molecule has 17 heavy (non-hydrogen) atoms. The zero-order valence-corrected chi connectivity index (χ0v) is 9.50. The Morgan fingerprint density at radius 2 is 2.29 bits per heavy atom. The van der Waals surface area contributed by atoms with E-state index >= 15 is 0 Å². The molecule has 1 aromatic carbocycles. The predicted molar refractivity (Wildman–Crippen MR) is 67.0 cm³/mol. The Morgan fingerprint density at radius 3 is 3.00 bits per heavy atom. The van der Waals surface area contributed by atoms with Crippen molar-refractivity contribution >= 4 is 11.6 Å². The van der Waals surface area contributed by atoms with Crippen LogP contribution in [0, 0.1) is 0 Å². The lowest BCUT2D eigenvalue weighted by atomic mass is 10.2. The van der Waals surface area contributed by atoms with E-state index < -0.39 is 0 Å². The summed E-state index contributed by atoms with van der Waals surface area (Å²) in [7, 11) is 0. The number of benzene rings is 1. The van der Waals surface area contributed by atoms with Crippen LogP contribution in [0.25, 0.3) is 5.69 Å². The summed E-state index contributed by atoms with van der Waals surface area (Å²) in [5, 5.41) is 6.91. The third-order valence-electron chi connectivity index (χ3n) is 2.20. The van der Waals surface area contributed by atoms with Crippen LogP contribution in [0.1, 0.15) is 6.92 Å². The number of aromatic nitrogens is 2. The lowest BCUT2D eigenvalue weighted by Gasteiger charge is -2.05. The highest BCUT2D eigenvalue weighted by Gasteiger charge is 2.00. The van der Waals surface area contributed by atoms with Crippen molar-refractivity contribution in [2.75, 3.05) is 5.32 Å². The number of nitrogens with zero attached hydrogens (tertiary/aromatic N) is 2. The van der Waals surface area contributed by atoms with Gasteiger partial charge in [-0.1, -0.05) is 12.1 Å². The van der Waals surface area contributed by atoms with E-state index in [-0.39, 0.29) is 5.91 Å². The molecule has 1 amide bonds. The molecule has 1 N–H and O–H groups in total. The lowest BCUT2D eigenvalue weighted by Crippen LogP contribution is -2.08. The molecule has 0 atom stereocenters. The number of nitrogens with one attached hydrogen (secondary N) is 1. The fraction of sp³-hybridized carbons (Fsp3) is 0.0769. The Bertz CT molecular complexity index is 529. The molecule has 0 aliphatic rings. The normalized spacial score (nSPS) is 10.6. The molecule has 4 heteroatoms. The monoisotopic (exact) mass is 227 g/mol. The Balaban J connectivity index is 2.20. The zero-order valence-electron chi connectivity index (χ0n) is 9.50. The summed E-state index contributed by atoms with van der Waals surface area (Å²) in [5.41, 5.74) is 1.66. The van der Waals surface area contributed by atoms with E-state index in [0.29, 0.717) is 0 Å². The van der Waals surface area contributed by atoms with Gasteiger partial charge in [0.25, 0.3) is 0 Å². The van der Waals surface area contributed by atoms with Crippen LogP contribution in [0.5, 0.6) is 0 Å². The number of rotatable bonds is 3. The standard InChI is InChI=1S/C13H13N3O/c1-2-5-13(17)15-11-6-3-7-12(10-11)16-9-4-8-14-16/h2-10H,1H3,(H,15,17)/b5-2+. The van der Waals surface area contributed by atoms with Crippen molar-refractivity contribution in [3.05, 3.63) is 54.9 Å². The Hall–Kier alpha value is -2.36. The molecule has 2 aromatic rings. The second-order valence-electron chi connectivity index (χ2n) is 3.49. The minimum absolute atomic E-state index is 0.134. The van der Waals surface area contributed by atoms with Crippen molar-refractivity contribution in [3.8, 4) is 5.69 Å². The summed E-state index contributed by atoms with van der Waals surface area (Å²) in [6.45, 7) is 1.81. The zero-order chi connectivity index (χ0) is 12.1. The Labute approximate surface area is 99.6 Å². The first-order chi connectivity index (χ1) is 8.29. The van der Waals surface area contributed by atoms with Crippen LogP contribution < -0.4 is 5.32 Å². The molecule has 0 unspecified atom stereocenters. The fourth-order valence-corrected chi connectivity index (χ4v) is 1.48. The molecule has 0 radical (unpaired) electrons. The highest BCUT2D eigenvalue weighted by molar-refractivity contribution is 5.99. The first-order valence-corrected chi connectivity index (χ1v) is 5.33. The van der Waals surface area contributed by atoms with Crippen molar-refractivity contribution < 1.29 is 4.79 Å². The molecule has 0 aliphatic heterocycles. The van der Waals surface area contributed by atoms with Gasteiger partial charge in [0.05, 0.1) is 5.69 Å². The van der Waals surface area contributed by atoms with E-state index in [4.69, 9.17) is 0 Å². The molecule has 1 heterocycles. The van der Waals surface area contributed by atoms with Crippen molar-refractivity contribution in [1.29, 1.82) is 0 Å². The lowest BCUT2D eigenvalue weighted by molar-refractivity contribution is -0.111. The van der Waals surface area contributed by atoms with Gasteiger partial charge in [0.15, 0.2) is 0 Å². The van der Waals surface area contributed by atoms with Crippen LogP contribution in [-0.2, 0) is 4.79 Å². The Kier molecular flexibility index (Phi) is 3.35. The van der Waals surface area contributed by atoms with Crippen molar-refractivity contribution in [2.45, 2.75) is 6.92 Å². The number of amides is 1. The maximum Gasteiger partial charge on any atom is 0.248 e. The van der Waals surface area contributed by atoms with Gasteiger partial charge in [-0.25, -0.2) is 4.68 Å². The molecule has 2 rings (SSSR count). The summed E-state index contributed by atoms with van der Waals surface area (Å²) in [4.78, 5) is 11.4. The first kappa shape index (κ1) is 11.1. The molecule has 86 valence electrons. The van der Waals surface area contributed by atoms with Gasteiger partial charge in [0, 0.05) is 18.1 Å². The van der Waals surface area contributed by atoms with E-state index in [9.17, 15) is 4.79 Å². The van der Waals surface area contributed by atoms with Crippen LogP contribution in [0.15, 0.2) is 54.9 Å². The van der Waals surface area contributed by atoms with Crippen LogP contribution in [0.4, 0.5) is 5.69 Å². The topological polar surface area (TPSA) is 46.9 Å². The number of hydrogen-bond donors (Lipinski definition) is 1. The third-order valence-corrected chi connectivity index (χ3v) is 2.20. The molecule has 0 saturated carbocycles. The minimum atomic E-state index is -0.134. The average molecular weight is 227 g/mol. The number of anilines is 1. The minimum Gasteiger partial charge on any atom is -0.322 e. The SMILES string of the molecule is C/C=C/C(=O)Nc1cccc(-n2cccn2)c1. The maximum absolute atomic E-state index is 11.4. The van der Waals surface area contributed by atoms with E-state index in [0.717, 1.165) is 11.4 Å². The molecule has 0 spiro atoms. The maximum atomic E-state index is 11.4. The van der Waals surface area contributed by atoms with Crippen LogP contribution in [0.2, 0.25) is 0 Å². The largest absolute Gasteiger partial charge is 0.322 e. The molecule has 0 fully saturated rings. The summed E-state index contributed by atoms with van der Waals surface area (Å²) >= 11 is 0. The molecule has 4 nitrogen and oxygen atoms in total. The van der Waals surface area contributed by atoms with Gasteiger partial charge in [-0.3, -0.25) is 4.79 Å². The van der Waals surface area contributed by atoms with E-state index in [1.807, 2.05) is 36.5 Å². The van der Waals surface area contributed by atoms with Crippen LogP contribution in [0.3, 0.4) is 0 Å². The fourth-order valence-electron chi connectivity index (χ4n) is 1.48. The smallest absolute Gasteiger partial charge is 0.248 e. The van der Waals surface area contributed by atoms with Gasteiger partial charge in [0.2, 0.25) is 5.91 Å². The second kappa shape index (κ2) is 5.12. The van der Waals surface area contributed by atoms with Crippen molar-refractivity contribution in [1.82, 2.24) is 9.78 Å². The van der Waals surface area contributed by atoms with Gasteiger partial charge in [-0.2, -0.15) is 5.10 Å². The highest BCUT2D eigenvalue weighted by atomic mass is 16.1. The number of hydrogen-bond acceptors (Lipinski definition) is 2. The third kappa shape index (κ3) is 2.81. The summed E-state index contributed by atoms with van der Waals surface area (Å²) in [6.07, 6.45) is 6.76. The van der Waals surface area contributed by atoms with Crippen LogP contribution >= 0.6 is 0 Å². The van der Waals surface area contributed by atoms with Crippen molar-refractivity contribution in [3.63, 3.8) is 0 Å². The molecular weight excluding hydrogens is 214 g/mol. The van der Waals surface area contributed by atoms with Gasteiger partial charge in [-0.05, 0) is 37.3 Å². The van der Waals surface area contributed by atoms with Gasteiger partial charge < -0.3 is 5.32 Å². The van der Waals surface area contributed by atoms with Gasteiger partial charge in [0.1, 0.15) is 0 Å². The van der Waals surface area contributed by atoms with Crippen molar-refractivity contribution in [2.24, 2.45) is 0 Å². The second-order valence-corrected chi connectivity index (χ2v) is 3.49. The van der Waals surface area contributed by atoms with Crippen LogP contribution in [-0.4, -0.2) is 15.7 Å². The Morgan fingerprint density at radius 1 is 1.41 bits per heavy atom. The number of carbonyl (C=O) groups is 1. The van der Waals surface area contributed by atoms with E-state index in [2.05, 4.69) is 10.4 Å². The predicted octanol–water partition coefficient (Wildman–Crippen LogP) is 2.39. The first-order valence-electron chi connectivity index (χ1n) is 5.33. The average Bonchev–Trinajstić information content (AvgIpc) is 2.83. The number of allylic oxidation sites excluding steroid dienone is 1. The van der Waals surface area contributed by atoms with E-state index in [1.54, 1.807) is 23.9 Å². The summed E-state index contributed by atoms with van der Waals surface area (Å²) in [5.74, 6) is -0.134. The highest BCUT2D eigenvalue weighted by Crippen LogP contribution is 2.13. The van der Waals surface area contributed by atoms with E-state index in [1.165, 1.54) is 6.08 Å². The molecule has 0 bridgehead atoms. The summed E-state index contributed by atoms with van der Waals surface area (Å²) < 4.78 is 1.74. The van der Waals surface area contributed by atoms with Gasteiger partial charge in [-0.15, -0.1) is 0 Å².